The standard InChI is InChI=1S/C25H26BrN3O6S2/c1-35-22-10-14-24(15-11-22)37(33,34)29-16-2-3-18(17-29)25(30)27-20-8-12-23(13-9-20)36(31,32)28-21-6-4-19(26)5-7-21/h4-15,18,28H,2-3,16-17H2,1H3,(H,27,30)/t18-/m0/s1. The molecule has 0 bridgehead atoms. The fourth-order valence-corrected chi connectivity index (χ4v) is 6.81. The number of rotatable bonds is 8. The van der Waals surface area contributed by atoms with Crippen molar-refractivity contribution in [3.63, 3.8) is 0 Å². The minimum Gasteiger partial charge on any atom is -0.497 e. The molecule has 37 heavy (non-hydrogen) atoms. The fourth-order valence-electron chi connectivity index (χ4n) is 3.97. The number of nitrogens with one attached hydrogen (secondary N) is 2. The summed E-state index contributed by atoms with van der Waals surface area (Å²) in [5.74, 6) is -0.305. The summed E-state index contributed by atoms with van der Waals surface area (Å²) in [5, 5.41) is 2.78. The summed E-state index contributed by atoms with van der Waals surface area (Å²) in [7, 11) is -6.06. The van der Waals surface area contributed by atoms with Gasteiger partial charge in [0, 0.05) is 28.9 Å². The molecule has 9 nitrogen and oxygen atoms in total. The van der Waals surface area contributed by atoms with E-state index in [2.05, 4.69) is 26.0 Å². The second-order valence-corrected chi connectivity index (χ2v) is 13.0. The monoisotopic (exact) mass is 607 g/mol. The molecule has 12 heteroatoms. The van der Waals surface area contributed by atoms with Crippen LogP contribution in [0.15, 0.2) is 87.1 Å². The number of hydrogen-bond donors (Lipinski definition) is 2. The van der Waals surface area contributed by atoms with Crippen molar-refractivity contribution in [2.24, 2.45) is 5.92 Å². The molecule has 4 rings (SSSR count). The molecule has 1 aliphatic heterocycles. The molecule has 1 saturated heterocycles. The highest BCUT2D eigenvalue weighted by Gasteiger charge is 2.33. The van der Waals surface area contributed by atoms with Crippen LogP contribution in [0.2, 0.25) is 0 Å². The van der Waals surface area contributed by atoms with E-state index in [1.165, 1.54) is 47.8 Å². The molecule has 1 heterocycles. The summed E-state index contributed by atoms with van der Waals surface area (Å²) in [6.45, 7) is 0.389. The number of amides is 1. The highest BCUT2D eigenvalue weighted by Crippen LogP contribution is 2.26. The molecule has 3 aromatic carbocycles. The first kappa shape index (κ1) is 27.1. The first-order valence-electron chi connectivity index (χ1n) is 11.4. The Morgan fingerprint density at radius 2 is 1.49 bits per heavy atom. The summed E-state index contributed by atoms with van der Waals surface area (Å²) in [6.07, 6.45) is 1.09. The maximum absolute atomic E-state index is 13.1. The lowest BCUT2D eigenvalue weighted by Crippen LogP contribution is -2.43. The molecule has 3 aromatic rings. The Morgan fingerprint density at radius 1 is 0.892 bits per heavy atom. The molecular weight excluding hydrogens is 582 g/mol. The number of carbonyl (C=O) groups excluding carboxylic acids is 1. The number of methoxy groups -OCH3 is 1. The van der Waals surface area contributed by atoms with Crippen LogP contribution >= 0.6 is 15.9 Å². The molecule has 0 aliphatic carbocycles. The molecule has 196 valence electrons. The van der Waals surface area contributed by atoms with Crippen molar-refractivity contribution in [3.05, 3.63) is 77.3 Å². The van der Waals surface area contributed by atoms with E-state index in [4.69, 9.17) is 4.74 Å². The van der Waals surface area contributed by atoms with Crippen LogP contribution in [-0.4, -0.2) is 47.2 Å². The number of piperidine rings is 1. The first-order valence-corrected chi connectivity index (χ1v) is 15.1. The van der Waals surface area contributed by atoms with E-state index < -0.39 is 26.0 Å². The van der Waals surface area contributed by atoms with Crippen molar-refractivity contribution >= 4 is 53.3 Å². The van der Waals surface area contributed by atoms with Crippen LogP contribution in [0.25, 0.3) is 0 Å². The Labute approximate surface area is 225 Å². The predicted octanol–water partition coefficient (Wildman–Crippen LogP) is 4.30. The maximum Gasteiger partial charge on any atom is 0.261 e. The summed E-state index contributed by atoms with van der Waals surface area (Å²) in [4.78, 5) is 13.1. The molecule has 0 radical (unpaired) electrons. The molecule has 2 N–H and O–H groups in total. The molecule has 1 amide bonds. The zero-order valence-corrected chi connectivity index (χ0v) is 23.1. The molecular formula is C25H26BrN3O6S2. The molecule has 0 spiro atoms. The van der Waals surface area contributed by atoms with Crippen LogP contribution < -0.4 is 14.8 Å². The van der Waals surface area contributed by atoms with Crippen molar-refractivity contribution in [1.29, 1.82) is 0 Å². The zero-order valence-electron chi connectivity index (χ0n) is 19.9. The normalized spacial score (nSPS) is 16.6. The van der Waals surface area contributed by atoms with Gasteiger partial charge in [-0.25, -0.2) is 16.8 Å². The Hall–Kier alpha value is -2.93. The van der Waals surface area contributed by atoms with E-state index in [0.29, 0.717) is 36.5 Å². The average Bonchev–Trinajstić information content (AvgIpc) is 2.90. The lowest BCUT2D eigenvalue weighted by atomic mass is 9.99. The highest BCUT2D eigenvalue weighted by molar-refractivity contribution is 9.10. The van der Waals surface area contributed by atoms with Crippen LogP contribution in [0.5, 0.6) is 5.75 Å². The Morgan fingerprint density at radius 3 is 2.11 bits per heavy atom. The zero-order chi connectivity index (χ0) is 26.6. The van der Waals surface area contributed by atoms with Gasteiger partial charge in [0.2, 0.25) is 15.9 Å². The van der Waals surface area contributed by atoms with Crippen molar-refractivity contribution < 1.29 is 26.4 Å². The molecule has 1 fully saturated rings. The van der Waals surface area contributed by atoms with Crippen molar-refractivity contribution in [3.8, 4) is 5.75 Å². The number of anilines is 2. The minimum absolute atomic E-state index is 0.0443. The lowest BCUT2D eigenvalue weighted by Gasteiger charge is -2.31. The van der Waals surface area contributed by atoms with Gasteiger partial charge in [0.05, 0.1) is 22.8 Å². The van der Waals surface area contributed by atoms with Crippen LogP contribution in [-0.2, 0) is 24.8 Å². The highest BCUT2D eigenvalue weighted by atomic mass is 79.9. The molecule has 1 aliphatic rings. The van der Waals surface area contributed by atoms with E-state index in [0.717, 1.165) is 4.47 Å². The lowest BCUT2D eigenvalue weighted by molar-refractivity contribution is -0.120. The van der Waals surface area contributed by atoms with Crippen LogP contribution in [0.3, 0.4) is 0 Å². The smallest absolute Gasteiger partial charge is 0.261 e. The van der Waals surface area contributed by atoms with Crippen LogP contribution in [0, 0.1) is 5.92 Å². The number of ether oxygens (including phenoxy) is 1. The number of hydrogen-bond acceptors (Lipinski definition) is 6. The van der Waals surface area contributed by atoms with Gasteiger partial charge < -0.3 is 10.1 Å². The molecule has 0 saturated carbocycles. The van der Waals surface area contributed by atoms with Crippen molar-refractivity contribution in [2.45, 2.75) is 22.6 Å². The van der Waals surface area contributed by atoms with Gasteiger partial charge in [-0.15, -0.1) is 0 Å². The van der Waals surface area contributed by atoms with E-state index in [-0.39, 0.29) is 22.2 Å². The Kier molecular flexibility index (Phi) is 8.22. The number of benzene rings is 3. The number of halogens is 1. The predicted molar refractivity (Wildman–Crippen MR) is 144 cm³/mol. The quantitative estimate of drug-likeness (QED) is 0.394. The van der Waals surface area contributed by atoms with E-state index in [1.54, 1.807) is 36.4 Å². The summed E-state index contributed by atoms with van der Waals surface area (Å²) in [5.41, 5.74) is 0.842. The largest absolute Gasteiger partial charge is 0.497 e. The number of carbonyl (C=O) groups is 1. The van der Waals surface area contributed by atoms with Gasteiger partial charge in [0.15, 0.2) is 0 Å². The van der Waals surface area contributed by atoms with Crippen LogP contribution in [0.1, 0.15) is 12.8 Å². The van der Waals surface area contributed by atoms with Gasteiger partial charge >= 0.3 is 0 Å². The summed E-state index contributed by atoms with van der Waals surface area (Å²) < 4.78 is 61.3. The number of nitrogens with zero attached hydrogens (tertiary/aromatic N) is 1. The van der Waals surface area contributed by atoms with E-state index in [1.807, 2.05) is 0 Å². The van der Waals surface area contributed by atoms with Crippen molar-refractivity contribution in [2.75, 3.05) is 30.2 Å². The average molecular weight is 609 g/mol. The second-order valence-electron chi connectivity index (χ2n) is 8.50. The third-order valence-corrected chi connectivity index (χ3v) is 9.79. The molecule has 0 unspecified atom stereocenters. The summed E-state index contributed by atoms with van der Waals surface area (Å²) in [6, 6.07) is 18.7. The third kappa shape index (κ3) is 6.50. The second kappa shape index (κ2) is 11.2. The van der Waals surface area contributed by atoms with Gasteiger partial charge in [0.1, 0.15) is 5.75 Å². The molecule has 0 aromatic heterocycles. The topological polar surface area (TPSA) is 122 Å². The molecule has 1 atom stereocenters. The SMILES string of the molecule is COc1ccc(S(=O)(=O)N2CCC[C@H](C(=O)Nc3ccc(S(=O)(=O)Nc4ccc(Br)cc4)cc3)C2)cc1. The number of sulfonamides is 2. The Bertz CT molecular complexity index is 1460. The Balaban J connectivity index is 1.40. The van der Waals surface area contributed by atoms with E-state index in [9.17, 15) is 21.6 Å². The van der Waals surface area contributed by atoms with Gasteiger partial charge in [-0.05, 0) is 85.6 Å². The van der Waals surface area contributed by atoms with E-state index >= 15 is 0 Å². The summed E-state index contributed by atoms with van der Waals surface area (Å²) >= 11 is 3.31. The van der Waals surface area contributed by atoms with Gasteiger partial charge in [0.25, 0.3) is 10.0 Å². The van der Waals surface area contributed by atoms with Gasteiger partial charge in [-0.3, -0.25) is 9.52 Å². The first-order chi connectivity index (χ1) is 17.6. The van der Waals surface area contributed by atoms with Crippen LogP contribution in [0.4, 0.5) is 11.4 Å². The maximum atomic E-state index is 13.1. The van der Waals surface area contributed by atoms with Gasteiger partial charge in [-0.2, -0.15) is 4.31 Å². The minimum atomic E-state index is -3.81. The fraction of sp³-hybridized carbons (Fsp3) is 0.240. The third-order valence-electron chi connectivity index (χ3n) is 5.98. The van der Waals surface area contributed by atoms with Crippen molar-refractivity contribution in [1.82, 2.24) is 4.31 Å². The van der Waals surface area contributed by atoms with Gasteiger partial charge in [-0.1, -0.05) is 15.9 Å².